The van der Waals surface area contributed by atoms with Crippen LogP contribution in [0.2, 0.25) is 0 Å². The molecule has 0 unspecified atom stereocenters. The van der Waals surface area contributed by atoms with E-state index in [2.05, 4.69) is 33.9 Å². The lowest BCUT2D eigenvalue weighted by molar-refractivity contribution is 0.796. The molecule has 1 fully saturated rings. The molecule has 1 heterocycles. The number of hydrogen-bond donors (Lipinski definition) is 2. The minimum atomic E-state index is 0.127. The molecule has 3 N–H and O–H groups in total. The molecule has 0 aliphatic heterocycles. The van der Waals surface area contributed by atoms with Gasteiger partial charge >= 0.3 is 0 Å². The second-order valence-corrected chi connectivity index (χ2v) is 5.73. The molecule has 3 rings (SSSR count). The Morgan fingerprint density at radius 2 is 2.00 bits per heavy atom. The van der Waals surface area contributed by atoms with Crippen LogP contribution < -0.4 is 10.6 Å². The summed E-state index contributed by atoms with van der Waals surface area (Å²) >= 11 is 1.74. The van der Waals surface area contributed by atoms with Crippen molar-refractivity contribution in [3.63, 3.8) is 0 Å². The molecule has 1 aliphatic carbocycles. The Morgan fingerprint density at radius 1 is 1.26 bits per heavy atom. The third kappa shape index (κ3) is 2.79. The number of hydrogen-bond acceptors (Lipinski definition) is 3. The number of nitrogen functional groups attached to an aromatic ring is 1. The van der Waals surface area contributed by atoms with E-state index in [0.717, 1.165) is 12.1 Å². The van der Waals surface area contributed by atoms with Gasteiger partial charge in [-0.3, -0.25) is 5.41 Å². The summed E-state index contributed by atoms with van der Waals surface area (Å²) in [7, 11) is 0. The molecule has 1 aromatic heterocycles. The Hall–Kier alpha value is -1.81. The summed E-state index contributed by atoms with van der Waals surface area (Å²) < 4.78 is 0. The Bertz CT molecular complexity index is 556. The average molecular weight is 271 g/mol. The van der Waals surface area contributed by atoms with Gasteiger partial charge in [-0.2, -0.15) is 11.3 Å². The minimum absolute atomic E-state index is 0.127. The topological polar surface area (TPSA) is 53.1 Å². The molecular formula is C15H17N3S. The highest BCUT2D eigenvalue weighted by Gasteiger charge is 2.29. The van der Waals surface area contributed by atoms with Crippen molar-refractivity contribution in [3.05, 3.63) is 52.2 Å². The van der Waals surface area contributed by atoms with Gasteiger partial charge in [0.05, 0.1) is 0 Å². The van der Waals surface area contributed by atoms with Crippen molar-refractivity contribution in [2.24, 2.45) is 5.73 Å². The first kappa shape index (κ1) is 12.2. The molecule has 3 nitrogen and oxygen atoms in total. The molecule has 98 valence electrons. The van der Waals surface area contributed by atoms with Gasteiger partial charge in [0, 0.05) is 23.8 Å². The fraction of sp³-hybridized carbons (Fsp3) is 0.267. The maximum absolute atomic E-state index is 7.43. The Kier molecular flexibility index (Phi) is 3.25. The maximum atomic E-state index is 7.43. The first-order valence-electron chi connectivity index (χ1n) is 6.46. The third-order valence-electron chi connectivity index (χ3n) is 3.43. The first-order chi connectivity index (χ1) is 9.24. The van der Waals surface area contributed by atoms with E-state index in [9.17, 15) is 0 Å². The summed E-state index contributed by atoms with van der Waals surface area (Å²) in [5.74, 6) is 0.127. The van der Waals surface area contributed by atoms with Gasteiger partial charge < -0.3 is 10.6 Å². The first-order valence-corrected chi connectivity index (χ1v) is 7.40. The van der Waals surface area contributed by atoms with Crippen LogP contribution in [0, 0.1) is 5.41 Å². The highest BCUT2D eigenvalue weighted by molar-refractivity contribution is 7.07. The number of thiophene rings is 1. The Balaban J connectivity index is 1.81. The lowest BCUT2D eigenvalue weighted by Crippen LogP contribution is -2.24. The van der Waals surface area contributed by atoms with Gasteiger partial charge in [0.1, 0.15) is 5.84 Å². The zero-order valence-electron chi connectivity index (χ0n) is 10.7. The van der Waals surface area contributed by atoms with Gasteiger partial charge in [-0.1, -0.05) is 0 Å². The summed E-state index contributed by atoms with van der Waals surface area (Å²) in [5, 5.41) is 11.8. The number of benzene rings is 1. The van der Waals surface area contributed by atoms with Crippen LogP contribution in [0.1, 0.15) is 24.0 Å². The normalized spacial score (nSPS) is 14.3. The van der Waals surface area contributed by atoms with E-state index in [0.29, 0.717) is 6.04 Å². The molecule has 1 saturated carbocycles. The number of nitrogens with zero attached hydrogens (tertiary/aromatic N) is 1. The summed E-state index contributed by atoms with van der Waals surface area (Å²) in [4.78, 5) is 2.45. The van der Waals surface area contributed by atoms with Crippen LogP contribution in [-0.4, -0.2) is 11.9 Å². The van der Waals surface area contributed by atoms with Crippen molar-refractivity contribution in [2.75, 3.05) is 4.90 Å². The number of anilines is 1. The van der Waals surface area contributed by atoms with Gasteiger partial charge in [0.25, 0.3) is 0 Å². The van der Waals surface area contributed by atoms with E-state index in [1.54, 1.807) is 11.3 Å². The third-order valence-corrected chi connectivity index (χ3v) is 4.16. The quantitative estimate of drug-likeness (QED) is 0.648. The van der Waals surface area contributed by atoms with Gasteiger partial charge in [-0.25, -0.2) is 0 Å². The van der Waals surface area contributed by atoms with Gasteiger partial charge in [0.15, 0.2) is 0 Å². The van der Waals surface area contributed by atoms with Gasteiger partial charge in [0.2, 0.25) is 0 Å². The maximum Gasteiger partial charge on any atom is 0.122 e. The Labute approximate surface area is 117 Å². The van der Waals surface area contributed by atoms with Crippen molar-refractivity contribution in [3.8, 4) is 0 Å². The van der Waals surface area contributed by atoms with Crippen LogP contribution in [0.15, 0.2) is 41.1 Å². The molecule has 0 bridgehead atoms. The molecule has 4 heteroatoms. The minimum Gasteiger partial charge on any atom is -0.384 e. The van der Waals surface area contributed by atoms with Crippen LogP contribution in [-0.2, 0) is 6.54 Å². The van der Waals surface area contributed by atoms with E-state index < -0.39 is 0 Å². The lowest BCUT2D eigenvalue weighted by atomic mass is 10.1. The monoisotopic (exact) mass is 271 g/mol. The fourth-order valence-electron chi connectivity index (χ4n) is 2.23. The summed E-state index contributed by atoms with van der Waals surface area (Å²) in [6, 6.07) is 10.9. The van der Waals surface area contributed by atoms with E-state index in [1.807, 2.05) is 12.1 Å². The second-order valence-electron chi connectivity index (χ2n) is 4.95. The van der Waals surface area contributed by atoms with Crippen LogP contribution in [0.5, 0.6) is 0 Å². The predicted molar refractivity (Wildman–Crippen MR) is 81.0 cm³/mol. The SMILES string of the molecule is N=C(N)c1ccc(N(Cc2ccsc2)C2CC2)cc1. The number of rotatable bonds is 5. The zero-order chi connectivity index (χ0) is 13.2. The molecule has 0 spiro atoms. The van der Waals surface area contributed by atoms with Crippen molar-refractivity contribution >= 4 is 22.9 Å². The van der Waals surface area contributed by atoms with Crippen molar-refractivity contribution in [2.45, 2.75) is 25.4 Å². The van der Waals surface area contributed by atoms with Crippen LogP contribution >= 0.6 is 11.3 Å². The fourth-order valence-corrected chi connectivity index (χ4v) is 2.89. The number of nitrogens with two attached hydrogens (primary N) is 1. The summed E-state index contributed by atoms with van der Waals surface area (Å²) in [5.41, 5.74) is 8.87. The highest BCUT2D eigenvalue weighted by Crippen LogP contribution is 2.33. The molecule has 1 aliphatic rings. The molecule has 0 atom stereocenters. The van der Waals surface area contributed by atoms with Crippen molar-refractivity contribution in [1.29, 1.82) is 5.41 Å². The van der Waals surface area contributed by atoms with Gasteiger partial charge in [-0.05, 0) is 59.5 Å². The van der Waals surface area contributed by atoms with E-state index in [1.165, 1.54) is 24.1 Å². The van der Waals surface area contributed by atoms with Crippen LogP contribution in [0.3, 0.4) is 0 Å². The Morgan fingerprint density at radius 3 is 2.53 bits per heavy atom. The van der Waals surface area contributed by atoms with Crippen molar-refractivity contribution in [1.82, 2.24) is 0 Å². The largest absolute Gasteiger partial charge is 0.384 e. The number of amidine groups is 1. The second kappa shape index (κ2) is 5.05. The molecule has 1 aromatic carbocycles. The highest BCUT2D eigenvalue weighted by atomic mass is 32.1. The molecule has 19 heavy (non-hydrogen) atoms. The smallest absolute Gasteiger partial charge is 0.122 e. The molecule has 2 aromatic rings. The standard InChI is InChI=1S/C15H17N3S/c16-15(17)12-1-3-13(4-2-12)18(14-5-6-14)9-11-7-8-19-10-11/h1-4,7-8,10,14H,5-6,9H2,(H3,16,17). The lowest BCUT2D eigenvalue weighted by Gasteiger charge is -2.24. The predicted octanol–water partition coefficient (Wildman–Crippen LogP) is 3.20. The average Bonchev–Trinajstić information content (AvgIpc) is 3.13. The van der Waals surface area contributed by atoms with Gasteiger partial charge in [-0.15, -0.1) is 0 Å². The van der Waals surface area contributed by atoms with E-state index in [-0.39, 0.29) is 5.84 Å². The molecule has 0 radical (unpaired) electrons. The van der Waals surface area contributed by atoms with Crippen LogP contribution in [0.25, 0.3) is 0 Å². The summed E-state index contributed by atoms with van der Waals surface area (Å²) in [6.45, 7) is 0.966. The summed E-state index contributed by atoms with van der Waals surface area (Å²) in [6.07, 6.45) is 2.55. The molecule has 0 saturated heterocycles. The zero-order valence-corrected chi connectivity index (χ0v) is 11.5. The van der Waals surface area contributed by atoms with Crippen molar-refractivity contribution < 1.29 is 0 Å². The molecular weight excluding hydrogens is 254 g/mol. The van der Waals surface area contributed by atoms with E-state index in [4.69, 9.17) is 11.1 Å². The number of nitrogens with one attached hydrogen (secondary N) is 1. The van der Waals surface area contributed by atoms with Crippen LogP contribution in [0.4, 0.5) is 5.69 Å². The van der Waals surface area contributed by atoms with E-state index >= 15 is 0 Å². The molecule has 0 amide bonds.